The van der Waals surface area contributed by atoms with Crippen molar-refractivity contribution < 1.29 is 4.79 Å². The summed E-state index contributed by atoms with van der Waals surface area (Å²) < 4.78 is 1.00. The average Bonchev–Trinajstić information content (AvgIpc) is 2.53. The van der Waals surface area contributed by atoms with Gasteiger partial charge in [-0.1, -0.05) is 27.5 Å². The van der Waals surface area contributed by atoms with Crippen LogP contribution in [-0.2, 0) is 11.2 Å². The minimum absolute atomic E-state index is 0. The summed E-state index contributed by atoms with van der Waals surface area (Å²) in [5.74, 6) is 0.104. The van der Waals surface area contributed by atoms with Gasteiger partial charge in [0.05, 0.1) is 0 Å². The molecule has 1 aromatic carbocycles. The van der Waals surface area contributed by atoms with E-state index in [-0.39, 0.29) is 18.3 Å². The van der Waals surface area contributed by atoms with Crippen LogP contribution >= 0.6 is 39.9 Å². The number of nitrogens with one attached hydrogen (secondary N) is 2. The summed E-state index contributed by atoms with van der Waals surface area (Å²) in [6.45, 7) is 6.16. The van der Waals surface area contributed by atoms with Gasteiger partial charge in [-0.25, -0.2) is 0 Å². The van der Waals surface area contributed by atoms with Crippen molar-refractivity contribution >= 4 is 45.8 Å². The number of piperazine rings is 1. The van der Waals surface area contributed by atoms with Crippen molar-refractivity contribution in [2.75, 3.05) is 39.3 Å². The summed E-state index contributed by atoms with van der Waals surface area (Å²) >= 11 is 9.47. The van der Waals surface area contributed by atoms with Gasteiger partial charge in [0.15, 0.2) is 0 Å². The predicted molar refractivity (Wildman–Crippen MR) is 102 cm³/mol. The fourth-order valence-corrected chi connectivity index (χ4v) is 3.18. The molecule has 0 aliphatic carbocycles. The summed E-state index contributed by atoms with van der Waals surface area (Å²) in [6.07, 6.45) is 2.20. The normalized spacial score (nSPS) is 15.0. The summed E-state index contributed by atoms with van der Waals surface area (Å²) in [6, 6.07) is 5.66. The van der Waals surface area contributed by atoms with E-state index in [4.69, 9.17) is 11.6 Å². The van der Waals surface area contributed by atoms with Crippen LogP contribution in [0.3, 0.4) is 0 Å². The molecule has 0 bridgehead atoms. The van der Waals surface area contributed by atoms with Crippen LogP contribution in [0, 0.1) is 0 Å². The molecule has 0 spiro atoms. The highest BCUT2D eigenvalue weighted by atomic mass is 79.9. The lowest BCUT2D eigenvalue weighted by molar-refractivity contribution is -0.121. The van der Waals surface area contributed by atoms with E-state index < -0.39 is 0 Å². The zero-order valence-electron chi connectivity index (χ0n) is 13.1. The molecule has 130 valence electrons. The summed E-state index contributed by atoms with van der Waals surface area (Å²) in [7, 11) is 0. The number of carbonyl (C=O) groups is 1. The molecule has 0 saturated carbocycles. The van der Waals surface area contributed by atoms with Gasteiger partial charge in [0.1, 0.15) is 0 Å². The van der Waals surface area contributed by atoms with E-state index in [1.165, 1.54) is 0 Å². The second-order valence-corrected chi connectivity index (χ2v) is 6.82. The Bertz CT molecular complexity index is 496. The zero-order chi connectivity index (χ0) is 15.8. The molecule has 1 aliphatic rings. The van der Waals surface area contributed by atoms with E-state index in [0.717, 1.165) is 55.7 Å². The van der Waals surface area contributed by atoms with Crippen LogP contribution in [-0.4, -0.2) is 50.1 Å². The predicted octanol–water partition coefficient (Wildman–Crippen LogP) is 2.87. The monoisotopic (exact) mass is 423 g/mol. The number of carbonyl (C=O) groups excluding carboxylic acids is 1. The van der Waals surface area contributed by atoms with Crippen LogP contribution in [0.5, 0.6) is 0 Å². The van der Waals surface area contributed by atoms with Crippen LogP contribution < -0.4 is 10.6 Å². The van der Waals surface area contributed by atoms with E-state index >= 15 is 0 Å². The Labute approximate surface area is 157 Å². The molecular formula is C16H24BrCl2N3O. The molecule has 0 radical (unpaired) electrons. The third-order valence-electron chi connectivity index (χ3n) is 3.81. The van der Waals surface area contributed by atoms with Gasteiger partial charge in [0.2, 0.25) is 5.91 Å². The highest BCUT2D eigenvalue weighted by Gasteiger charge is 2.09. The van der Waals surface area contributed by atoms with Crippen molar-refractivity contribution in [3.8, 4) is 0 Å². The fourth-order valence-electron chi connectivity index (χ4n) is 2.54. The second-order valence-electron chi connectivity index (χ2n) is 5.53. The third-order valence-corrected chi connectivity index (χ3v) is 4.82. The van der Waals surface area contributed by atoms with Crippen molar-refractivity contribution in [3.05, 3.63) is 33.3 Å². The van der Waals surface area contributed by atoms with E-state index in [0.29, 0.717) is 17.9 Å². The van der Waals surface area contributed by atoms with Crippen molar-refractivity contribution in [1.29, 1.82) is 0 Å². The molecule has 1 fully saturated rings. The summed E-state index contributed by atoms with van der Waals surface area (Å²) in [5.41, 5.74) is 1.07. The topological polar surface area (TPSA) is 44.4 Å². The molecule has 1 aromatic rings. The second kappa shape index (κ2) is 11.3. The SMILES string of the molecule is Cl.O=C(CCc1cc(Cl)ccc1Br)NCCCN1CCNCC1. The first-order chi connectivity index (χ1) is 10.6. The lowest BCUT2D eigenvalue weighted by Gasteiger charge is -2.27. The molecule has 0 unspecified atom stereocenters. The van der Waals surface area contributed by atoms with Crippen LogP contribution in [0.1, 0.15) is 18.4 Å². The van der Waals surface area contributed by atoms with Gasteiger partial charge in [-0.3, -0.25) is 4.79 Å². The molecule has 2 N–H and O–H groups in total. The maximum Gasteiger partial charge on any atom is 0.220 e. The van der Waals surface area contributed by atoms with Crippen LogP contribution in [0.25, 0.3) is 0 Å². The fraction of sp³-hybridized carbons (Fsp3) is 0.562. The first-order valence-electron chi connectivity index (χ1n) is 7.79. The smallest absolute Gasteiger partial charge is 0.220 e. The van der Waals surface area contributed by atoms with Crippen LogP contribution in [0.2, 0.25) is 5.02 Å². The number of amides is 1. The molecule has 23 heavy (non-hydrogen) atoms. The molecule has 0 atom stereocenters. The van der Waals surface area contributed by atoms with Gasteiger partial charge in [-0.15, -0.1) is 12.4 Å². The number of halogens is 3. The minimum Gasteiger partial charge on any atom is -0.356 e. The van der Waals surface area contributed by atoms with E-state index in [2.05, 4.69) is 31.5 Å². The molecule has 4 nitrogen and oxygen atoms in total. The van der Waals surface area contributed by atoms with E-state index in [1.54, 1.807) is 0 Å². The van der Waals surface area contributed by atoms with Crippen molar-refractivity contribution in [3.63, 3.8) is 0 Å². The first-order valence-corrected chi connectivity index (χ1v) is 8.96. The van der Waals surface area contributed by atoms with Gasteiger partial charge in [-0.05, 0) is 43.1 Å². The lowest BCUT2D eigenvalue weighted by atomic mass is 10.1. The highest BCUT2D eigenvalue weighted by Crippen LogP contribution is 2.22. The number of hydrogen-bond donors (Lipinski definition) is 2. The molecule has 1 aliphatic heterocycles. The maximum atomic E-state index is 11.9. The number of nitrogens with zero attached hydrogens (tertiary/aromatic N) is 1. The van der Waals surface area contributed by atoms with Crippen molar-refractivity contribution in [1.82, 2.24) is 15.5 Å². The van der Waals surface area contributed by atoms with E-state index in [1.807, 2.05) is 18.2 Å². The quantitative estimate of drug-likeness (QED) is 0.661. The highest BCUT2D eigenvalue weighted by molar-refractivity contribution is 9.10. The van der Waals surface area contributed by atoms with E-state index in [9.17, 15) is 4.79 Å². The zero-order valence-corrected chi connectivity index (χ0v) is 16.3. The molecule has 1 saturated heterocycles. The van der Waals surface area contributed by atoms with Gasteiger partial charge >= 0.3 is 0 Å². The Balaban J connectivity index is 0.00000264. The Morgan fingerprint density at radius 2 is 2.09 bits per heavy atom. The first kappa shape index (κ1) is 20.7. The van der Waals surface area contributed by atoms with Crippen molar-refractivity contribution in [2.24, 2.45) is 0 Å². The molecule has 2 rings (SSSR count). The maximum absolute atomic E-state index is 11.9. The number of hydrogen-bond acceptors (Lipinski definition) is 3. The standard InChI is InChI=1S/C16H23BrClN3O.ClH/c17-15-4-3-14(18)12-13(15)2-5-16(22)20-6-1-9-21-10-7-19-8-11-21;/h3-4,12,19H,1-2,5-11H2,(H,20,22);1H. The summed E-state index contributed by atoms with van der Waals surface area (Å²) in [5, 5.41) is 7.04. The lowest BCUT2D eigenvalue weighted by Crippen LogP contribution is -2.44. The average molecular weight is 425 g/mol. The Morgan fingerprint density at radius 3 is 2.83 bits per heavy atom. The van der Waals surface area contributed by atoms with Crippen molar-refractivity contribution in [2.45, 2.75) is 19.3 Å². The molecule has 0 aromatic heterocycles. The van der Waals surface area contributed by atoms with Crippen LogP contribution in [0.4, 0.5) is 0 Å². The molecular weight excluding hydrogens is 401 g/mol. The third kappa shape index (κ3) is 7.86. The number of benzene rings is 1. The Kier molecular flexibility index (Phi) is 10.1. The molecule has 1 heterocycles. The Morgan fingerprint density at radius 1 is 1.35 bits per heavy atom. The Hall–Kier alpha value is -0.330. The minimum atomic E-state index is 0. The van der Waals surface area contributed by atoms with Crippen LogP contribution in [0.15, 0.2) is 22.7 Å². The van der Waals surface area contributed by atoms with Gasteiger partial charge in [-0.2, -0.15) is 0 Å². The summed E-state index contributed by atoms with van der Waals surface area (Å²) in [4.78, 5) is 14.3. The molecule has 7 heteroatoms. The molecule has 1 amide bonds. The van der Waals surface area contributed by atoms with Gasteiger partial charge in [0.25, 0.3) is 0 Å². The van der Waals surface area contributed by atoms with Gasteiger partial charge < -0.3 is 15.5 Å². The van der Waals surface area contributed by atoms with Gasteiger partial charge in [0, 0.05) is 48.6 Å². The number of aryl methyl sites for hydroxylation is 1. The largest absolute Gasteiger partial charge is 0.356 e. The number of rotatable bonds is 7.